The van der Waals surface area contributed by atoms with Gasteiger partial charge >= 0.3 is 0 Å². The van der Waals surface area contributed by atoms with E-state index >= 15 is 0 Å². The van der Waals surface area contributed by atoms with Crippen molar-refractivity contribution < 1.29 is 0 Å². The summed E-state index contributed by atoms with van der Waals surface area (Å²) >= 11 is 0. The Kier molecular flexibility index (Phi) is 5.00. The van der Waals surface area contributed by atoms with Crippen molar-refractivity contribution in [2.24, 2.45) is 0 Å². The number of nitriles is 4. The summed E-state index contributed by atoms with van der Waals surface area (Å²) in [6, 6.07) is 14.2. The average Bonchev–Trinajstić information content (AvgIpc) is 2.74. The molecule has 0 amide bonds. The van der Waals surface area contributed by atoms with Gasteiger partial charge in [0.2, 0.25) is 0 Å². The van der Waals surface area contributed by atoms with Crippen LogP contribution in [0.3, 0.4) is 0 Å². The van der Waals surface area contributed by atoms with Gasteiger partial charge in [0.1, 0.15) is 24.3 Å². The highest BCUT2D eigenvalue weighted by Gasteiger charge is 2.23. The minimum atomic E-state index is -0.0173. The zero-order valence-corrected chi connectivity index (χ0v) is 16.1. The van der Waals surface area contributed by atoms with Gasteiger partial charge < -0.3 is 0 Å². The van der Waals surface area contributed by atoms with Gasteiger partial charge in [-0.05, 0) is 52.8 Å². The molecule has 4 nitrogen and oxygen atoms in total. The molecule has 0 aromatic heterocycles. The number of hydrogen-bond acceptors (Lipinski definition) is 4. The first-order valence-electron chi connectivity index (χ1n) is 9.31. The maximum Gasteiger partial charge on any atom is 0.102 e. The maximum atomic E-state index is 9.86. The molecule has 0 saturated carbocycles. The molecule has 0 saturated heterocycles. The van der Waals surface area contributed by atoms with E-state index in [1.54, 1.807) is 0 Å². The lowest BCUT2D eigenvalue weighted by molar-refractivity contribution is 1.05. The lowest BCUT2D eigenvalue weighted by Gasteiger charge is -2.18. The van der Waals surface area contributed by atoms with Gasteiger partial charge in [0, 0.05) is 10.8 Å². The fourth-order valence-electron chi connectivity index (χ4n) is 4.23. The molecular formula is C24H18N4. The van der Waals surface area contributed by atoms with Crippen LogP contribution < -0.4 is 0 Å². The second kappa shape index (κ2) is 7.40. The molecule has 0 radical (unpaired) electrons. The first-order valence-corrected chi connectivity index (χ1v) is 9.31. The molecule has 0 aliphatic carbocycles. The third-order valence-corrected chi connectivity index (χ3v) is 5.42. The van der Waals surface area contributed by atoms with Crippen LogP contribution in [0.2, 0.25) is 0 Å². The number of fused-ring (bicyclic) bond motifs is 2. The molecule has 0 aliphatic rings. The van der Waals surface area contributed by atoms with Crippen molar-refractivity contribution in [3.8, 4) is 24.3 Å². The Balaban J connectivity index is 2.78. The summed E-state index contributed by atoms with van der Waals surface area (Å²) in [7, 11) is 0. The molecule has 4 heteroatoms. The molecule has 134 valence electrons. The van der Waals surface area contributed by atoms with Gasteiger partial charge in [-0.3, -0.25) is 0 Å². The summed E-state index contributed by atoms with van der Waals surface area (Å²) in [5, 5.41) is 42.1. The number of rotatable bonds is 3. The zero-order chi connectivity index (χ0) is 20.4. The third kappa shape index (κ3) is 2.48. The molecule has 0 unspecified atom stereocenters. The number of aryl methyl sites for hydroxylation is 3. The van der Waals surface area contributed by atoms with E-state index < -0.39 is 0 Å². The summed E-state index contributed by atoms with van der Waals surface area (Å²) in [6.07, 6.45) is 2.42. The van der Waals surface area contributed by atoms with E-state index in [9.17, 15) is 21.0 Å². The van der Waals surface area contributed by atoms with Crippen molar-refractivity contribution in [3.05, 3.63) is 57.1 Å². The van der Waals surface area contributed by atoms with Crippen molar-refractivity contribution >= 4 is 21.5 Å². The van der Waals surface area contributed by atoms with Crippen molar-refractivity contribution in [2.45, 2.75) is 40.0 Å². The predicted octanol–water partition coefficient (Wildman–Crippen LogP) is 5.17. The molecule has 0 spiro atoms. The summed E-state index contributed by atoms with van der Waals surface area (Å²) in [5.41, 5.74) is 3.80. The smallest absolute Gasteiger partial charge is 0.102 e. The van der Waals surface area contributed by atoms with Gasteiger partial charge in [-0.15, -0.1) is 0 Å². The minimum absolute atomic E-state index is 0.00667. The second-order valence-electron chi connectivity index (χ2n) is 6.59. The maximum absolute atomic E-state index is 9.86. The fourth-order valence-corrected chi connectivity index (χ4v) is 4.23. The second-order valence-corrected chi connectivity index (χ2v) is 6.59. The molecule has 0 N–H and O–H groups in total. The summed E-state index contributed by atoms with van der Waals surface area (Å²) in [6.45, 7) is 6.25. The van der Waals surface area contributed by atoms with E-state index in [1.807, 2.05) is 31.2 Å². The molecule has 3 aromatic rings. The van der Waals surface area contributed by atoms with E-state index in [2.05, 4.69) is 32.1 Å². The highest BCUT2D eigenvalue weighted by molar-refractivity contribution is 6.09. The van der Waals surface area contributed by atoms with Crippen LogP contribution in [0.4, 0.5) is 0 Å². The first kappa shape index (κ1) is 18.9. The van der Waals surface area contributed by atoms with Crippen LogP contribution in [0.25, 0.3) is 21.5 Å². The Hall–Kier alpha value is -3.86. The largest absolute Gasteiger partial charge is 0.192 e. The van der Waals surface area contributed by atoms with Crippen LogP contribution in [0.1, 0.15) is 59.7 Å². The molecule has 0 bridgehead atoms. The Bertz CT molecular complexity index is 1300. The van der Waals surface area contributed by atoms with Crippen molar-refractivity contribution in [1.82, 2.24) is 0 Å². The summed E-state index contributed by atoms with van der Waals surface area (Å²) in [4.78, 5) is 0. The van der Waals surface area contributed by atoms with Gasteiger partial charge in [-0.25, -0.2) is 0 Å². The Labute approximate surface area is 164 Å². The fraction of sp³-hybridized carbons (Fsp3) is 0.250. The molecule has 3 rings (SSSR count). The monoisotopic (exact) mass is 362 g/mol. The molecule has 0 heterocycles. The van der Waals surface area contributed by atoms with Gasteiger partial charge in [0.05, 0.1) is 22.3 Å². The molecular weight excluding hydrogens is 344 g/mol. The van der Waals surface area contributed by atoms with Crippen molar-refractivity contribution in [3.63, 3.8) is 0 Å². The van der Waals surface area contributed by atoms with Crippen molar-refractivity contribution in [2.75, 3.05) is 0 Å². The lowest BCUT2D eigenvalue weighted by Crippen LogP contribution is -2.03. The first-order chi connectivity index (χ1) is 13.6. The van der Waals surface area contributed by atoms with Crippen LogP contribution in [0, 0.1) is 45.3 Å². The quantitative estimate of drug-likeness (QED) is 0.601. The topological polar surface area (TPSA) is 95.2 Å². The Morgan fingerprint density at radius 3 is 1.71 bits per heavy atom. The number of nitrogens with zero attached hydrogens (tertiary/aromatic N) is 4. The number of hydrogen-bond donors (Lipinski definition) is 0. The van der Waals surface area contributed by atoms with Crippen LogP contribution >= 0.6 is 0 Å². The minimum Gasteiger partial charge on any atom is -0.192 e. The van der Waals surface area contributed by atoms with Crippen LogP contribution in [-0.2, 0) is 19.3 Å². The molecule has 0 atom stereocenters. The van der Waals surface area contributed by atoms with E-state index in [0.717, 1.165) is 29.2 Å². The van der Waals surface area contributed by atoms with Gasteiger partial charge in [-0.1, -0.05) is 32.9 Å². The highest BCUT2D eigenvalue weighted by atomic mass is 14.4. The van der Waals surface area contributed by atoms with Gasteiger partial charge in [0.25, 0.3) is 0 Å². The van der Waals surface area contributed by atoms with Gasteiger partial charge in [0.15, 0.2) is 0 Å². The molecule has 0 fully saturated rings. The van der Waals surface area contributed by atoms with Crippen LogP contribution in [0.5, 0.6) is 0 Å². The Morgan fingerprint density at radius 2 is 1.21 bits per heavy atom. The normalized spacial score (nSPS) is 10.2. The summed E-state index contributed by atoms with van der Waals surface area (Å²) in [5.74, 6) is 0. The SMILES string of the molecule is CCc1ccc2cc3c(C#N)c(C#N)c(C#N)c(C#N)c3c(CC)c2c1CC. The predicted molar refractivity (Wildman–Crippen MR) is 108 cm³/mol. The summed E-state index contributed by atoms with van der Waals surface area (Å²) < 4.78 is 0. The highest BCUT2D eigenvalue weighted by Crippen LogP contribution is 2.39. The Morgan fingerprint density at radius 1 is 0.643 bits per heavy atom. The van der Waals surface area contributed by atoms with E-state index in [4.69, 9.17) is 0 Å². The average molecular weight is 362 g/mol. The van der Waals surface area contributed by atoms with Crippen LogP contribution in [0.15, 0.2) is 18.2 Å². The lowest BCUT2D eigenvalue weighted by atomic mass is 9.83. The van der Waals surface area contributed by atoms with Crippen LogP contribution in [-0.4, -0.2) is 0 Å². The van der Waals surface area contributed by atoms with E-state index in [1.165, 1.54) is 11.1 Å². The van der Waals surface area contributed by atoms with E-state index in [-0.39, 0.29) is 22.3 Å². The third-order valence-electron chi connectivity index (χ3n) is 5.42. The molecule has 28 heavy (non-hydrogen) atoms. The van der Waals surface area contributed by atoms with E-state index in [0.29, 0.717) is 17.2 Å². The molecule has 3 aromatic carbocycles. The van der Waals surface area contributed by atoms with Gasteiger partial charge in [-0.2, -0.15) is 21.0 Å². The molecule has 0 aliphatic heterocycles. The standard InChI is InChI=1S/C24H18N4/c1-4-14-7-8-15-9-18-19(10-25)20(11-26)21(12-27)22(13-28)24(18)17(6-3)23(15)16(14)5-2/h7-9H,4-6H2,1-3H3. The zero-order valence-electron chi connectivity index (χ0n) is 16.1. The number of benzene rings is 3. The van der Waals surface area contributed by atoms with Crippen molar-refractivity contribution in [1.29, 1.82) is 21.0 Å².